The number of hydrogen-bond acceptors (Lipinski definition) is 6. The summed E-state index contributed by atoms with van der Waals surface area (Å²) in [5.41, 5.74) is 0.653. The van der Waals surface area contributed by atoms with Gasteiger partial charge in [0, 0.05) is 14.7 Å². The molecule has 1 amide bonds. The van der Waals surface area contributed by atoms with Crippen molar-refractivity contribution in [2.24, 2.45) is 0 Å². The van der Waals surface area contributed by atoms with Gasteiger partial charge >= 0.3 is 5.63 Å². The molecular formula is C19H13BrN2O3S2. The van der Waals surface area contributed by atoms with Gasteiger partial charge in [-0.1, -0.05) is 22.0 Å². The van der Waals surface area contributed by atoms with Gasteiger partial charge in [0.1, 0.15) is 16.2 Å². The molecule has 0 aliphatic carbocycles. The van der Waals surface area contributed by atoms with E-state index in [1.54, 1.807) is 35.6 Å². The standard InChI is InChI=1S/C19H13BrN2O3S2/c1-10-16(27-18(22-10)15-3-2-6-26-15)9-21-17(23)13-8-11-7-12(20)4-5-14(11)25-19(13)24/h2-8H,9H2,1H3,(H,21,23). The van der Waals surface area contributed by atoms with Crippen LogP contribution in [0.15, 0.2) is 55.5 Å². The molecule has 3 aromatic heterocycles. The summed E-state index contributed by atoms with van der Waals surface area (Å²) in [7, 11) is 0. The Hall–Kier alpha value is -2.29. The van der Waals surface area contributed by atoms with Crippen LogP contribution >= 0.6 is 38.6 Å². The van der Waals surface area contributed by atoms with E-state index in [2.05, 4.69) is 26.2 Å². The minimum absolute atomic E-state index is 0.0127. The molecule has 0 spiro atoms. The number of aryl methyl sites for hydroxylation is 1. The van der Waals surface area contributed by atoms with Crippen LogP contribution in [0.3, 0.4) is 0 Å². The Balaban J connectivity index is 1.55. The maximum atomic E-state index is 12.5. The van der Waals surface area contributed by atoms with E-state index in [9.17, 15) is 9.59 Å². The Bertz CT molecular complexity index is 1200. The van der Waals surface area contributed by atoms with Gasteiger partial charge in [0.25, 0.3) is 5.91 Å². The second-order valence-electron chi connectivity index (χ2n) is 5.82. The Morgan fingerprint density at radius 3 is 2.93 bits per heavy atom. The van der Waals surface area contributed by atoms with E-state index in [1.165, 1.54) is 11.3 Å². The zero-order valence-electron chi connectivity index (χ0n) is 14.1. The molecular weight excluding hydrogens is 448 g/mol. The van der Waals surface area contributed by atoms with Crippen molar-refractivity contribution in [1.29, 1.82) is 0 Å². The van der Waals surface area contributed by atoms with Crippen LogP contribution in [0.25, 0.3) is 20.9 Å². The topological polar surface area (TPSA) is 72.2 Å². The first-order valence-electron chi connectivity index (χ1n) is 8.03. The molecule has 0 atom stereocenters. The largest absolute Gasteiger partial charge is 0.422 e. The van der Waals surface area contributed by atoms with Crippen LogP contribution in [-0.2, 0) is 6.54 Å². The van der Waals surface area contributed by atoms with Gasteiger partial charge < -0.3 is 9.73 Å². The van der Waals surface area contributed by atoms with Crippen LogP contribution in [-0.4, -0.2) is 10.9 Å². The Labute approximate surface area is 170 Å². The van der Waals surface area contributed by atoms with Gasteiger partial charge in [-0.15, -0.1) is 22.7 Å². The van der Waals surface area contributed by atoms with Crippen LogP contribution < -0.4 is 10.9 Å². The Kier molecular flexibility index (Phi) is 4.94. The molecule has 0 saturated carbocycles. The second-order valence-corrected chi connectivity index (χ2v) is 8.76. The van der Waals surface area contributed by atoms with E-state index >= 15 is 0 Å². The maximum Gasteiger partial charge on any atom is 0.349 e. The fourth-order valence-corrected chi connectivity index (χ4v) is 4.78. The summed E-state index contributed by atoms with van der Waals surface area (Å²) in [6.07, 6.45) is 0. The molecule has 0 bridgehead atoms. The maximum absolute atomic E-state index is 12.5. The van der Waals surface area contributed by atoms with Crippen molar-refractivity contribution in [3.8, 4) is 9.88 Å². The van der Waals surface area contributed by atoms with Crippen molar-refractivity contribution in [2.75, 3.05) is 0 Å². The lowest BCUT2D eigenvalue weighted by molar-refractivity contribution is 0.0947. The number of fused-ring (bicyclic) bond motifs is 1. The van der Waals surface area contributed by atoms with Crippen LogP contribution in [0.2, 0.25) is 0 Å². The van der Waals surface area contributed by atoms with Crippen LogP contribution in [0.1, 0.15) is 20.9 Å². The molecule has 1 aromatic carbocycles. The number of carbonyl (C=O) groups excluding carboxylic acids is 1. The number of thiophene rings is 1. The highest BCUT2D eigenvalue weighted by Gasteiger charge is 2.16. The number of rotatable bonds is 4. The fraction of sp³-hybridized carbons (Fsp3) is 0.105. The number of thiazole rings is 1. The number of nitrogens with one attached hydrogen (secondary N) is 1. The van der Waals surface area contributed by atoms with Crippen LogP contribution in [0, 0.1) is 6.92 Å². The zero-order chi connectivity index (χ0) is 19.0. The number of amides is 1. The summed E-state index contributed by atoms with van der Waals surface area (Å²) < 4.78 is 6.10. The van der Waals surface area contributed by atoms with E-state index in [0.29, 0.717) is 17.5 Å². The van der Waals surface area contributed by atoms with Crippen molar-refractivity contribution in [3.05, 3.63) is 72.8 Å². The minimum Gasteiger partial charge on any atom is -0.422 e. The molecule has 0 aliphatic rings. The monoisotopic (exact) mass is 460 g/mol. The van der Waals surface area contributed by atoms with E-state index in [0.717, 1.165) is 24.9 Å². The van der Waals surface area contributed by atoms with Crippen LogP contribution in [0.4, 0.5) is 0 Å². The van der Waals surface area contributed by atoms with Crippen molar-refractivity contribution in [3.63, 3.8) is 0 Å². The number of halogens is 1. The van der Waals surface area contributed by atoms with E-state index < -0.39 is 11.5 Å². The van der Waals surface area contributed by atoms with Crippen molar-refractivity contribution < 1.29 is 9.21 Å². The van der Waals surface area contributed by atoms with Gasteiger partial charge in [-0.2, -0.15) is 0 Å². The van der Waals surface area contributed by atoms with Crippen molar-refractivity contribution in [2.45, 2.75) is 13.5 Å². The van der Waals surface area contributed by atoms with Gasteiger partial charge in [-0.05, 0) is 42.6 Å². The first-order chi connectivity index (χ1) is 13.0. The normalized spacial score (nSPS) is 11.0. The molecule has 3 heterocycles. The lowest BCUT2D eigenvalue weighted by Gasteiger charge is -2.05. The summed E-state index contributed by atoms with van der Waals surface area (Å²) in [5.74, 6) is -0.462. The summed E-state index contributed by atoms with van der Waals surface area (Å²) in [6.45, 7) is 2.22. The van der Waals surface area contributed by atoms with Crippen molar-refractivity contribution in [1.82, 2.24) is 10.3 Å². The number of benzene rings is 1. The van der Waals surface area contributed by atoms with E-state index in [4.69, 9.17) is 4.42 Å². The number of carbonyl (C=O) groups is 1. The summed E-state index contributed by atoms with van der Waals surface area (Å²) in [5, 5.41) is 6.42. The summed E-state index contributed by atoms with van der Waals surface area (Å²) in [6, 6.07) is 10.8. The summed E-state index contributed by atoms with van der Waals surface area (Å²) >= 11 is 6.54. The molecule has 0 aliphatic heterocycles. The fourth-order valence-electron chi connectivity index (χ4n) is 2.61. The highest BCUT2D eigenvalue weighted by molar-refractivity contribution is 9.10. The Morgan fingerprint density at radius 2 is 2.15 bits per heavy atom. The minimum atomic E-state index is -0.650. The molecule has 0 radical (unpaired) electrons. The van der Waals surface area contributed by atoms with Gasteiger partial charge in [0.15, 0.2) is 0 Å². The highest BCUT2D eigenvalue weighted by atomic mass is 79.9. The molecule has 0 fully saturated rings. The third-order valence-corrected chi connectivity index (χ3v) is 6.66. The number of aromatic nitrogens is 1. The van der Waals surface area contributed by atoms with E-state index in [-0.39, 0.29) is 5.56 Å². The lowest BCUT2D eigenvalue weighted by Crippen LogP contribution is -2.27. The average molecular weight is 461 g/mol. The number of nitrogens with zero attached hydrogens (tertiary/aromatic N) is 1. The van der Waals surface area contributed by atoms with Gasteiger partial charge in [0.2, 0.25) is 0 Å². The first kappa shape index (κ1) is 18.1. The molecule has 1 N–H and O–H groups in total. The van der Waals surface area contributed by atoms with Gasteiger partial charge in [-0.25, -0.2) is 9.78 Å². The van der Waals surface area contributed by atoms with Crippen molar-refractivity contribution >= 4 is 55.5 Å². The van der Waals surface area contributed by atoms with Crippen LogP contribution in [0.5, 0.6) is 0 Å². The SMILES string of the molecule is Cc1nc(-c2cccs2)sc1CNC(=O)c1cc2cc(Br)ccc2oc1=O. The molecule has 0 unspecified atom stereocenters. The Morgan fingerprint density at radius 1 is 1.30 bits per heavy atom. The molecule has 5 nitrogen and oxygen atoms in total. The predicted octanol–water partition coefficient (Wildman–Crippen LogP) is 4.98. The van der Waals surface area contributed by atoms with E-state index in [1.807, 2.05) is 24.4 Å². The molecule has 4 aromatic rings. The second kappa shape index (κ2) is 7.38. The molecule has 136 valence electrons. The third-order valence-electron chi connectivity index (χ3n) is 3.97. The number of hydrogen-bond donors (Lipinski definition) is 1. The molecule has 0 saturated heterocycles. The highest BCUT2D eigenvalue weighted by Crippen LogP contribution is 2.31. The molecule has 8 heteroatoms. The smallest absolute Gasteiger partial charge is 0.349 e. The molecule has 4 rings (SSSR count). The summed E-state index contributed by atoms with van der Waals surface area (Å²) in [4.78, 5) is 31.3. The zero-order valence-corrected chi connectivity index (χ0v) is 17.3. The average Bonchev–Trinajstić information content (AvgIpc) is 3.29. The predicted molar refractivity (Wildman–Crippen MR) is 112 cm³/mol. The molecule has 27 heavy (non-hydrogen) atoms. The van der Waals surface area contributed by atoms with Gasteiger partial charge in [-0.3, -0.25) is 4.79 Å². The van der Waals surface area contributed by atoms with Gasteiger partial charge in [0.05, 0.1) is 17.1 Å². The first-order valence-corrected chi connectivity index (χ1v) is 10.5. The third kappa shape index (κ3) is 3.73. The lowest BCUT2D eigenvalue weighted by atomic mass is 10.2. The quantitative estimate of drug-likeness (QED) is 0.435.